The molecule has 8 nitrogen and oxygen atoms in total. The summed E-state index contributed by atoms with van der Waals surface area (Å²) in [7, 11) is -2.13. The van der Waals surface area contributed by atoms with Crippen LogP contribution in [0.4, 0.5) is 5.69 Å². The largest absolute Gasteiger partial charge is 0.478 e. The highest BCUT2D eigenvalue weighted by Gasteiger charge is 2.31. The molecule has 2 N–H and O–H groups in total. The zero-order valence-electron chi connectivity index (χ0n) is 11.5. The molecule has 1 aromatic carbocycles. The highest BCUT2D eigenvalue weighted by molar-refractivity contribution is 7.90. The average Bonchev–Trinajstić information content (AvgIpc) is 2.47. The number of carboxylic acid groups (broad SMARTS) is 1. The highest BCUT2D eigenvalue weighted by Crippen LogP contribution is 2.20. The molecule has 2 rings (SSSR count). The van der Waals surface area contributed by atoms with Crippen molar-refractivity contribution < 1.29 is 23.5 Å². The van der Waals surface area contributed by atoms with Crippen LogP contribution in [-0.2, 0) is 10.2 Å². The SMILES string of the molecule is CN1CCN(S(=O)(=O)N(O)c2ccc(C(=O)O)cc2)CC1. The van der Waals surface area contributed by atoms with Gasteiger partial charge in [0.2, 0.25) is 0 Å². The van der Waals surface area contributed by atoms with E-state index in [0.29, 0.717) is 26.2 Å². The Morgan fingerprint density at radius 1 is 1.14 bits per heavy atom. The highest BCUT2D eigenvalue weighted by atomic mass is 32.2. The van der Waals surface area contributed by atoms with Crippen molar-refractivity contribution in [2.75, 3.05) is 37.7 Å². The van der Waals surface area contributed by atoms with Gasteiger partial charge in [0.05, 0.1) is 11.3 Å². The summed E-state index contributed by atoms with van der Waals surface area (Å²) < 4.78 is 25.9. The smallest absolute Gasteiger partial charge is 0.335 e. The third-order valence-corrected chi connectivity index (χ3v) is 5.01. The molecule has 0 aliphatic carbocycles. The second-order valence-electron chi connectivity index (χ2n) is 4.81. The van der Waals surface area contributed by atoms with E-state index in [1.807, 2.05) is 11.9 Å². The van der Waals surface area contributed by atoms with Gasteiger partial charge in [0.15, 0.2) is 0 Å². The van der Waals surface area contributed by atoms with Crippen LogP contribution in [0.2, 0.25) is 0 Å². The molecule has 0 unspecified atom stereocenters. The first-order chi connectivity index (χ1) is 9.82. The topological polar surface area (TPSA) is 101 Å². The maximum Gasteiger partial charge on any atom is 0.335 e. The van der Waals surface area contributed by atoms with Crippen LogP contribution in [0.1, 0.15) is 10.4 Å². The molecule has 1 heterocycles. The van der Waals surface area contributed by atoms with Gasteiger partial charge in [0.25, 0.3) is 0 Å². The summed E-state index contributed by atoms with van der Waals surface area (Å²) >= 11 is 0. The summed E-state index contributed by atoms with van der Waals surface area (Å²) in [4.78, 5) is 12.7. The Kier molecular flexibility index (Phi) is 4.47. The molecular formula is C12H17N3O5S. The van der Waals surface area contributed by atoms with Gasteiger partial charge >= 0.3 is 16.2 Å². The van der Waals surface area contributed by atoms with Gasteiger partial charge in [0.1, 0.15) is 0 Å². The number of anilines is 1. The lowest BCUT2D eigenvalue weighted by Gasteiger charge is -2.33. The first kappa shape index (κ1) is 15.7. The first-order valence-electron chi connectivity index (χ1n) is 6.33. The summed E-state index contributed by atoms with van der Waals surface area (Å²) in [5.74, 6) is -1.12. The molecule has 0 aromatic heterocycles. The molecule has 21 heavy (non-hydrogen) atoms. The number of rotatable bonds is 4. The summed E-state index contributed by atoms with van der Waals surface area (Å²) in [6.07, 6.45) is 0. The summed E-state index contributed by atoms with van der Waals surface area (Å²) in [5.41, 5.74) is 0.0167. The van der Waals surface area contributed by atoms with Crippen molar-refractivity contribution in [3.05, 3.63) is 29.8 Å². The van der Waals surface area contributed by atoms with E-state index in [-0.39, 0.29) is 15.7 Å². The van der Waals surface area contributed by atoms with Crippen molar-refractivity contribution in [3.63, 3.8) is 0 Å². The number of hydrogen-bond donors (Lipinski definition) is 2. The predicted octanol–water partition coefficient (Wildman–Crippen LogP) is 0.0726. The lowest BCUT2D eigenvalue weighted by molar-refractivity contribution is 0.0697. The lowest BCUT2D eigenvalue weighted by Crippen LogP contribution is -2.51. The van der Waals surface area contributed by atoms with Crippen molar-refractivity contribution in [2.24, 2.45) is 0 Å². The Hall–Kier alpha value is -1.68. The van der Waals surface area contributed by atoms with Gasteiger partial charge in [-0.25, -0.2) is 4.79 Å². The number of piperazine rings is 1. The molecule has 0 atom stereocenters. The minimum atomic E-state index is -4.02. The number of likely N-dealkylation sites (N-methyl/N-ethyl adjacent to an activating group) is 1. The monoisotopic (exact) mass is 315 g/mol. The molecule has 0 spiro atoms. The molecule has 1 aromatic rings. The lowest BCUT2D eigenvalue weighted by atomic mass is 10.2. The van der Waals surface area contributed by atoms with Gasteiger partial charge < -0.3 is 10.0 Å². The molecular weight excluding hydrogens is 298 g/mol. The van der Waals surface area contributed by atoms with Crippen LogP contribution in [0.3, 0.4) is 0 Å². The molecule has 0 radical (unpaired) electrons. The van der Waals surface area contributed by atoms with Gasteiger partial charge in [0, 0.05) is 26.2 Å². The Morgan fingerprint density at radius 3 is 2.14 bits per heavy atom. The Labute approximate surface area is 122 Å². The van der Waals surface area contributed by atoms with Crippen LogP contribution in [0, 0.1) is 0 Å². The Morgan fingerprint density at radius 2 is 1.67 bits per heavy atom. The van der Waals surface area contributed by atoms with Crippen LogP contribution in [-0.4, -0.2) is 67.1 Å². The first-order valence-corrected chi connectivity index (χ1v) is 7.73. The summed E-state index contributed by atoms with van der Waals surface area (Å²) in [5, 5.41) is 18.7. The van der Waals surface area contributed by atoms with E-state index in [2.05, 4.69) is 0 Å². The second-order valence-corrected chi connectivity index (χ2v) is 6.56. The van der Waals surface area contributed by atoms with Crippen molar-refractivity contribution in [3.8, 4) is 0 Å². The van der Waals surface area contributed by atoms with E-state index in [1.54, 1.807) is 0 Å². The number of aromatic carboxylic acids is 1. The van der Waals surface area contributed by atoms with Gasteiger partial charge in [-0.3, -0.25) is 5.21 Å². The fourth-order valence-electron chi connectivity index (χ4n) is 1.99. The van der Waals surface area contributed by atoms with Gasteiger partial charge in [-0.2, -0.15) is 12.7 Å². The van der Waals surface area contributed by atoms with Crippen molar-refractivity contribution >= 4 is 21.9 Å². The molecule has 0 bridgehead atoms. The molecule has 1 saturated heterocycles. The van der Waals surface area contributed by atoms with Gasteiger partial charge in [-0.05, 0) is 31.3 Å². The number of benzene rings is 1. The van der Waals surface area contributed by atoms with E-state index >= 15 is 0 Å². The summed E-state index contributed by atoms with van der Waals surface area (Å²) in [6.45, 7) is 1.77. The number of hydrogen-bond acceptors (Lipinski definition) is 5. The molecule has 1 fully saturated rings. The van der Waals surface area contributed by atoms with Crippen LogP contribution in [0.25, 0.3) is 0 Å². The minimum absolute atomic E-state index is 0.000993. The van der Waals surface area contributed by atoms with E-state index in [4.69, 9.17) is 5.11 Å². The fraction of sp³-hybridized carbons (Fsp3) is 0.417. The van der Waals surface area contributed by atoms with Gasteiger partial charge in [-0.1, -0.05) is 0 Å². The third kappa shape index (κ3) is 3.32. The normalized spacial score (nSPS) is 17.6. The number of carbonyl (C=O) groups is 1. The number of carboxylic acids is 1. The zero-order chi connectivity index (χ0) is 15.6. The maximum atomic E-state index is 12.3. The molecule has 9 heteroatoms. The number of nitrogens with zero attached hydrogens (tertiary/aromatic N) is 3. The van der Waals surface area contributed by atoms with Crippen LogP contribution >= 0.6 is 0 Å². The maximum absolute atomic E-state index is 12.3. The van der Waals surface area contributed by atoms with Crippen LogP contribution in [0.5, 0.6) is 0 Å². The van der Waals surface area contributed by atoms with Crippen molar-refractivity contribution in [1.29, 1.82) is 0 Å². The predicted molar refractivity (Wildman–Crippen MR) is 75.7 cm³/mol. The molecule has 1 aliphatic heterocycles. The van der Waals surface area contributed by atoms with Crippen LogP contribution in [0.15, 0.2) is 24.3 Å². The van der Waals surface area contributed by atoms with Crippen molar-refractivity contribution in [2.45, 2.75) is 0 Å². The summed E-state index contributed by atoms with van der Waals surface area (Å²) in [6, 6.07) is 4.97. The quantitative estimate of drug-likeness (QED) is 0.763. The van der Waals surface area contributed by atoms with E-state index < -0.39 is 16.2 Å². The fourth-order valence-corrected chi connectivity index (χ4v) is 3.22. The second kappa shape index (κ2) is 5.98. The average molecular weight is 315 g/mol. The standard InChI is InChI=1S/C12H17N3O5S/c1-13-6-8-14(9-7-13)21(19,20)15(18)11-4-2-10(3-5-11)12(16)17/h2-5,18H,6-9H2,1H3,(H,16,17). The van der Waals surface area contributed by atoms with Gasteiger partial charge in [-0.15, -0.1) is 4.47 Å². The Bertz CT molecular complexity index is 608. The van der Waals surface area contributed by atoms with E-state index in [0.717, 1.165) is 0 Å². The molecule has 0 amide bonds. The molecule has 116 valence electrons. The van der Waals surface area contributed by atoms with Crippen LogP contribution < -0.4 is 4.47 Å². The van der Waals surface area contributed by atoms with E-state index in [1.165, 1.54) is 28.6 Å². The minimum Gasteiger partial charge on any atom is -0.478 e. The third-order valence-electron chi connectivity index (χ3n) is 3.34. The zero-order valence-corrected chi connectivity index (χ0v) is 12.3. The van der Waals surface area contributed by atoms with Crippen molar-refractivity contribution in [1.82, 2.24) is 9.21 Å². The van der Waals surface area contributed by atoms with E-state index in [9.17, 15) is 18.4 Å². The molecule has 0 saturated carbocycles. The molecule has 1 aliphatic rings. The Balaban J connectivity index is 2.17.